The molecule has 0 saturated heterocycles. The molecule has 0 amide bonds. The molecule has 3 N–H and O–H groups in total. The summed E-state index contributed by atoms with van der Waals surface area (Å²) in [7, 11) is 0. The number of anilines is 1. The Labute approximate surface area is 174 Å². The summed E-state index contributed by atoms with van der Waals surface area (Å²) in [6.07, 6.45) is 8.36. The number of aryl methyl sites for hydroxylation is 2. The maximum Gasteiger partial charge on any atom is 0.193 e. The van der Waals surface area contributed by atoms with Crippen LogP contribution in [0.15, 0.2) is 60.1 Å². The molecule has 3 aromatic rings. The Morgan fingerprint density at radius 2 is 2.04 bits per heavy atom. The number of nitrogens with one attached hydrogen (secondary N) is 1. The third kappa shape index (κ3) is 4.47. The number of benzene rings is 2. The molecule has 27 heavy (non-hydrogen) atoms. The topological polar surface area (TPSA) is 68.2 Å². The Morgan fingerprint density at radius 3 is 2.81 bits per heavy atom. The summed E-state index contributed by atoms with van der Waals surface area (Å²) in [5.74, 6) is 0.00268. The normalized spacial score (nSPS) is 13.1. The van der Waals surface area contributed by atoms with Gasteiger partial charge in [-0.3, -0.25) is 0 Å². The van der Waals surface area contributed by atoms with Crippen LogP contribution in [0.3, 0.4) is 0 Å². The molecule has 0 aliphatic heterocycles. The molecule has 1 heterocycles. The van der Waals surface area contributed by atoms with Crippen LogP contribution in [0.25, 0.3) is 5.69 Å². The number of hydrogen-bond acceptors (Lipinski definition) is 2. The molecule has 7 heteroatoms. The van der Waals surface area contributed by atoms with E-state index in [0.29, 0.717) is 18.2 Å². The van der Waals surface area contributed by atoms with Crippen LogP contribution < -0.4 is 11.1 Å². The van der Waals surface area contributed by atoms with Crippen molar-refractivity contribution < 1.29 is 4.39 Å². The van der Waals surface area contributed by atoms with E-state index in [1.54, 1.807) is 29.4 Å². The van der Waals surface area contributed by atoms with Gasteiger partial charge in [-0.1, -0.05) is 12.1 Å². The quantitative estimate of drug-likeness (QED) is 0.339. The zero-order valence-electron chi connectivity index (χ0n) is 14.7. The van der Waals surface area contributed by atoms with E-state index in [9.17, 15) is 4.39 Å². The zero-order valence-corrected chi connectivity index (χ0v) is 17.1. The molecule has 140 valence electrons. The van der Waals surface area contributed by atoms with Crippen LogP contribution in [-0.4, -0.2) is 15.5 Å². The summed E-state index contributed by atoms with van der Waals surface area (Å²) in [4.78, 5) is 8.25. The maximum atomic E-state index is 14.3. The van der Waals surface area contributed by atoms with Gasteiger partial charge in [0.2, 0.25) is 0 Å². The van der Waals surface area contributed by atoms with Crippen LogP contribution in [0.1, 0.15) is 23.1 Å². The first kappa shape index (κ1) is 19.3. The van der Waals surface area contributed by atoms with Gasteiger partial charge in [0, 0.05) is 18.1 Å². The summed E-state index contributed by atoms with van der Waals surface area (Å²) in [5, 5.41) is 3.11. The van der Waals surface area contributed by atoms with E-state index in [2.05, 4.69) is 27.4 Å². The predicted octanol–water partition coefficient (Wildman–Crippen LogP) is 4.04. The van der Waals surface area contributed by atoms with Gasteiger partial charge in [0.25, 0.3) is 0 Å². The molecule has 0 radical (unpaired) electrons. The summed E-state index contributed by atoms with van der Waals surface area (Å²) >= 11 is 0. The van der Waals surface area contributed by atoms with Crippen LogP contribution in [-0.2, 0) is 19.4 Å². The van der Waals surface area contributed by atoms with Crippen molar-refractivity contribution in [1.82, 2.24) is 9.55 Å². The number of rotatable bonds is 4. The van der Waals surface area contributed by atoms with E-state index in [1.807, 2.05) is 12.1 Å². The molecule has 0 atom stereocenters. The number of aliphatic imine (C=N–C) groups is 1. The fraction of sp³-hybridized carbons (Fsp3) is 0.200. The Bertz CT molecular complexity index is 953. The number of guanidine groups is 1. The Kier molecular flexibility index (Phi) is 6.10. The first-order valence-corrected chi connectivity index (χ1v) is 8.64. The molecule has 0 bridgehead atoms. The Morgan fingerprint density at radius 1 is 1.19 bits per heavy atom. The van der Waals surface area contributed by atoms with E-state index >= 15 is 0 Å². The average molecular weight is 477 g/mol. The molecule has 5 nitrogen and oxygen atoms in total. The highest BCUT2D eigenvalue weighted by Gasteiger charge is 2.11. The Balaban J connectivity index is 0.00000210. The fourth-order valence-electron chi connectivity index (χ4n) is 3.27. The van der Waals surface area contributed by atoms with Crippen LogP contribution >= 0.6 is 24.0 Å². The van der Waals surface area contributed by atoms with Crippen molar-refractivity contribution in [1.29, 1.82) is 0 Å². The highest BCUT2D eigenvalue weighted by atomic mass is 127. The summed E-state index contributed by atoms with van der Waals surface area (Å²) in [5.41, 5.74) is 10.9. The minimum absolute atomic E-state index is 0. The number of fused-ring (bicyclic) bond motifs is 1. The van der Waals surface area contributed by atoms with E-state index in [0.717, 1.165) is 24.1 Å². The van der Waals surface area contributed by atoms with Gasteiger partial charge in [-0.2, -0.15) is 0 Å². The second-order valence-corrected chi connectivity index (χ2v) is 6.42. The largest absolute Gasteiger partial charge is 0.370 e. The van der Waals surface area contributed by atoms with Gasteiger partial charge in [0.05, 0.1) is 18.6 Å². The van der Waals surface area contributed by atoms with Crippen molar-refractivity contribution in [3.8, 4) is 5.69 Å². The Hall–Kier alpha value is -2.42. The average Bonchev–Trinajstić information content (AvgIpc) is 3.31. The molecular formula is C20H21FIN5. The number of nitrogens with two attached hydrogens (primary N) is 1. The molecule has 0 fully saturated rings. The highest BCUT2D eigenvalue weighted by Crippen LogP contribution is 2.24. The van der Waals surface area contributed by atoms with E-state index in [-0.39, 0.29) is 29.8 Å². The number of nitrogens with zero attached hydrogens (tertiary/aromatic N) is 3. The zero-order chi connectivity index (χ0) is 17.9. The predicted molar refractivity (Wildman–Crippen MR) is 116 cm³/mol. The fourth-order valence-corrected chi connectivity index (χ4v) is 3.27. The second-order valence-electron chi connectivity index (χ2n) is 6.42. The van der Waals surface area contributed by atoms with Crippen molar-refractivity contribution in [2.24, 2.45) is 10.7 Å². The van der Waals surface area contributed by atoms with Gasteiger partial charge in [-0.25, -0.2) is 14.4 Å². The third-order valence-electron chi connectivity index (χ3n) is 4.60. The van der Waals surface area contributed by atoms with Gasteiger partial charge < -0.3 is 15.6 Å². The number of hydrogen-bond donors (Lipinski definition) is 2. The lowest BCUT2D eigenvalue weighted by molar-refractivity contribution is 0.616. The van der Waals surface area contributed by atoms with Gasteiger partial charge in [0.1, 0.15) is 5.82 Å². The number of aromatic nitrogens is 2. The van der Waals surface area contributed by atoms with Crippen LogP contribution in [0.4, 0.5) is 10.1 Å². The monoisotopic (exact) mass is 477 g/mol. The lowest BCUT2D eigenvalue weighted by atomic mass is 10.1. The first-order valence-electron chi connectivity index (χ1n) is 8.64. The van der Waals surface area contributed by atoms with E-state index in [4.69, 9.17) is 5.73 Å². The molecule has 1 aliphatic carbocycles. The minimum Gasteiger partial charge on any atom is -0.370 e. The van der Waals surface area contributed by atoms with Crippen molar-refractivity contribution in [2.45, 2.75) is 25.8 Å². The molecule has 0 saturated carbocycles. The SMILES string of the molecule is I.NC(=NCc1ccc(-n2ccnc2)c(F)c1)Nc1ccc2c(c1)CCC2. The third-order valence-corrected chi connectivity index (χ3v) is 4.60. The minimum atomic E-state index is -0.319. The summed E-state index contributed by atoms with van der Waals surface area (Å²) < 4.78 is 15.9. The standard InChI is InChI=1S/C20H20FN5.HI/c21-18-10-14(4-7-19(18)26-9-8-23-13-26)12-24-20(22)25-17-6-5-15-2-1-3-16(15)11-17;/h4-11,13H,1-3,12H2,(H3,22,24,25);1H. The van der Waals surface area contributed by atoms with Gasteiger partial charge in [-0.15, -0.1) is 24.0 Å². The molecule has 2 aromatic carbocycles. The molecule has 4 rings (SSSR count). The maximum absolute atomic E-state index is 14.3. The number of imidazole rings is 1. The van der Waals surface area contributed by atoms with Crippen LogP contribution in [0, 0.1) is 5.82 Å². The number of halogens is 2. The van der Waals surface area contributed by atoms with Crippen LogP contribution in [0.5, 0.6) is 0 Å². The lowest BCUT2D eigenvalue weighted by Gasteiger charge is -2.09. The second kappa shape index (κ2) is 8.51. The van der Waals surface area contributed by atoms with Gasteiger partial charge in [-0.05, 0) is 60.2 Å². The molecule has 1 aromatic heterocycles. The smallest absolute Gasteiger partial charge is 0.193 e. The van der Waals surface area contributed by atoms with Crippen molar-refractivity contribution in [2.75, 3.05) is 5.32 Å². The molecule has 0 unspecified atom stereocenters. The molecule has 1 aliphatic rings. The van der Waals surface area contributed by atoms with Gasteiger partial charge >= 0.3 is 0 Å². The first-order chi connectivity index (χ1) is 12.7. The summed E-state index contributed by atoms with van der Waals surface area (Å²) in [6, 6.07) is 11.3. The van der Waals surface area contributed by atoms with E-state index < -0.39 is 0 Å². The van der Waals surface area contributed by atoms with Crippen molar-refractivity contribution in [3.05, 3.63) is 77.6 Å². The lowest BCUT2D eigenvalue weighted by Crippen LogP contribution is -2.22. The molecular weight excluding hydrogens is 456 g/mol. The summed E-state index contributed by atoms with van der Waals surface area (Å²) in [6.45, 7) is 0.310. The highest BCUT2D eigenvalue weighted by molar-refractivity contribution is 14.0. The van der Waals surface area contributed by atoms with Crippen LogP contribution in [0.2, 0.25) is 0 Å². The van der Waals surface area contributed by atoms with Crippen molar-refractivity contribution >= 4 is 35.6 Å². The van der Waals surface area contributed by atoms with E-state index in [1.165, 1.54) is 23.6 Å². The van der Waals surface area contributed by atoms with Gasteiger partial charge in [0.15, 0.2) is 5.96 Å². The molecule has 0 spiro atoms. The van der Waals surface area contributed by atoms with Crippen molar-refractivity contribution in [3.63, 3.8) is 0 Å².